The van der Waals surface area contributed by atoms with Crippen molar-refractivity contribution in [1.82, 2.24) is 0 Å². The second-order valence-corrected chi connectivity index (χ2v) is 6.08. The molecule has 0 aromatic heterocycles. The molecule has 0 aliphatic carbocycles. The molecule has 25 heavy (non-hydrogen) atoms. The van der Waals surface area contributed by atoms with E-state index in [-0.39, 0.29) is 6.10 Å². The summed E-state index contributed by atoms with van der Waals surface area (Å²) in [6.45, 7) is 3.60. The molecule has 0 aliphatic rings. The number of hydrazone groups is 1. The van der Waals surface area contributed by atoms with Crippen molar-refractivity contribution >= 4 is 27.8 Å². The van der Waals surface area contributed by atoms with Gasteiger partial charge in [0.15, 0.2) is 23.3 Å². The highest BCUT2D eigenvalue weighted by molar-refractivity contribution is 9.10. The molecule has 9 heteroatoms. The van der Waals surface area contributed by atoms with E-state index in [9.17, 15) is 22.0 Å². The van der Waals surface area contributed by atoms with E-state index < -0.39 is 34.8 Å². The van der Waals surface area contributed by atoms with Crippen LogP contribution in [0.15, 0.2) is 27.8 Å². The molecule has 0 fully saturated rings. The fourth-order valence-corrected chi connectivity index (χ4v) is 2.23. The zero-order valence-electron chi connectivity index (χ0n) is 13.0. The molecule has 0 amide bonds. The first-order valence-corrected chi connectivity index (χ1v) is 7.78. The van der Waals surface area contributed by atoms with Crippen molar-refractivity contribution in [1.29, 1.82) is 0 Å². The van der Waals surface area contributed by atoms with Crippen LogP contribution in [0.2, 0.25) is 0 Å². The van der Waals surface area contributed by atoms with Gasteiger partial charge in [0.1, 0.15) is 11.4 Å². The normalized spacial score (nSPS) is 11.4. The second-order valence-electron chi connectivity index (χ2n) is 5.16. The van der Waals surface area contributed by atoms with Crippen LogP contribution >= 0.6 is 15.9 Å². The van der Waals surface area contributed by atoms with Crippen LogP contribution in [-0.4, -0.2) is 12.3 Å². The Bertz CT molecular complexity index is 798. The maximum Gasteiger partial charge on any atom is 0.200 e. The van der Waals surface area contributed by atoms with Crippen LogP contribution in [0, 0.1) is 29.1 Å². The highest BCUT2D eigenvalue weighted by Gasteiger charge is 2.25. The summed E-state index contributed by atoms with van der Waals surface area (Å²) >= 11 is 3.25. The minimum atomic E-state index is -2.23. The number of anilines is 1. The van der Waals surface area contributed by atoms with Gasteiger partial charge in [-0.05, 0) is 32.0 Å². The summed E-state index contributed by atoms with van der Waals surface area (Å²) < 4.78 is 72.6. The first-order chi connectivity index (χ1) is 11.7. The smallest absolute Gasteiger partial charge is 0.200 e. The molecular formula is C16H12BrF5N2O. The quantitative estimate of drug-likeness (QED) is 0.231. The SMILES string of the molecule is CC(C)Oc1ccc(Br)cc1/C=N\Nc1c(F)c(F)c(F)c(F)c1F. The molecule has 0 atom stereocenters. The summed E-state index contributed by atoms with van der Waals surface area (Å²) in [5.74, 6) is -9.90. The Hall–Kier alpha value is -2.16. The number of hydrogen-bond donors (Lipinski definition) is 1. The Morgan fingerprint density at radius 3 is 2.12 bits per heavy atom. The standard InChI is InChI=1S/C16H12BrF5N2O/c1-7(2)25-10-4-3-9(17)5-8(10)6-23-24-16-14(21)12(19)11(18)13(20)15(16)22/h3-7,24H,1-2H3/b23-6-. The Labute approximate surface area is 148 Å². The van der Waals surface area contributed by atoms with Crippen molar-refractivity contribution in [3.05, 3.63) is 57.3 Å². The van der Waals surface area contributed by atoms with Gasteiger partial charge in [0.2, 0.25) is 5.82 Å². The number of rotatable bonds is 5. The van der Waals surface area contributed by atoms with Crippen molar-refractivity contribution < 1.29 is 26.7 Å². The fraction of sp³-hybridized carbons (Fsp3) is 0.188. The van der Waals surface area contributed by atoms with Gasteiger partial charge < -0.3 is 4.74 Å². The third-order valence-corrected chi connectivity index (χ3v) is 3.42. The molecule has 0 aliphatic heterocycles. The lowest BCUT2D eigenvalue weighted by molar-refractivity contribution is 0.242. The molecule has 0 bridgehead atoms. The predicted octanol–water partition coefficient (Wildman–Crippen LogP) is 5.38. The minimum Gasteiger partial charge on any atom is -0.490 e. The molecule has 0 saturated carbocycles. The zero-order valence-corrected chi connectivity index (χ0v) is 14.6. The van der Waals surface area contributed by atoms with E-state index in [0.29, 0.717) is 15.8 Å². The zero-order chi connectivity index (χ0) is 18.7. The van der Waals surface area contributed by atoms with Crippen LogP contribution in [0.25, 0.3) is 0 Å². The van der Waals surface area contributed by atoms with Crippen LogP contribution in [-0.2, 0) is 0 Å². The van der Waals surface area contributed by atoms with E-state index in [1.807, 2.05) is 5.43 Å². The second kappa shape index (κ2) is 7.81. The summed E-state index contributed by atoms with van der Waals surface area (Å²) in [6, 6.07) is 4.97. The Kier molecular flexibility index (Phi) is 5.99. The van der Waals surface area contributed by atoms with Gasteiger partial charge in [-0.15, -0.1) is 0 Å². The van der Waals surface area contributed by atoms with Crippen LogP contribution in [0.5, 0.6) is 5.75 Å². The van der Waals surface area contributed by atoms with Crippen molar-refractivity contribution in [2.75, 3.05) is 5.43 Å². The molecule has 2 aromatic carbocycles. The Morgan fingerprint density at radius 1 is 1.00 bits per heavy atom. The summed E-state index contributed by atoms with van der Waals surface area (Å²) in [5.41, 5.74) is 1.03. The van der Waals surface area contributed by atoms with E-state index in [1.54, 1.807) is 32.0 Å². The van der Waals surface area contributed by atoms with Gasteiger partial charge in [-0.2, -0.15) is 5.10 Å². The lowest BCUT2D eigenvalue weighted by Crippen LogP contribution is -2.08. The topological polar surface area (TPSA) is 33.6 Å². The number of ether oxygens (including phenoxy) is 1. The number of halogens is 6. The predicted molar refractivity (Wildman–Crippen MR) is 87.4 cm³/mol. The summed E-state index contributed by atoms with van der Waals surface area (Å²) in [7, 11) is 0. The fourth-order valence-electron chi connectivity index (χ4n) is 1.85. The van der Waals surface area contributed by atoms with Crippen LogP contribution in [0.4, 0.5) is 27.6 Å². The Balaban J connectivity index is 2.32. The molecular weight excluding hydrogens is 411 g/mol. The number of nitrogens with one attached hydrogen (secondary N) is 1. The molecule has 0 unspecified atom stereocenters. The average molecular weight is 423 g/mol. The molecule has 134 valence electrons. The summed E-state index contributed by atoms with van der Waals surface area (Å²) in [5, 5.41) is 3.54. The van der Waals surface area contributed by atoms with Gasteiger partial charge in [-0.25, -0.2) is 22.0 Å². The van der Waals surface area contributed by atoms with Crippen molar-refractivity contribution in [2.24, 2.45) is 5.10 Å². The van der Waals surface area contributed by atoms with E-state index in [2.05, 4.69) is 21.0 Å². The number of hydrogen-bond acceptors (Lipinski definition) is 3. The monoisotopic (exact) mass is 422 g/mol. The summed E-state index contributed by atoms with van der Waals surface area (Å²) in [4.78, 5) is 0. The average Bonchev–Trinajstić information content (AvgIpc) is 2.56. The molecule has 3 nitrogen and oxygen atoms in total. The van der Waals surface area contributed by atoms with Gasteiger partial charge in [-0.1, -0.05) is 15.9 Å². The highest BCUT2D eigenvalue weighted by Crippen LogP contribution is 2.27. The molecule has 0 heterocycles. The molecule has 0 radical (unpaired) electrons. The molecule has 2 aromatic rings. The molecule has 0 saturated heterocycles. The number of benzene rings is 2. The molecule has 0 spiro atoms. The van der Waals surface area contributed by atoms with E-state index in [1.165, 1.54) is 0 Å². The molecule has 1 N–H and O–H groups in total. The summed E-state index contributed by atoms with van der Waals surface area (Å²) in [6.07, 6.45) is 0.997. The first kappa shape index (κ1) is 19.2. The van der Waals surface area contributed by atoms with E-state index >= 15 is 0 Å². The highest BCUT2D eigenvalue weighted by atomic mass is 79.9. The third kappa shape index (κ3) is 4.28. The molecule has 2 rings (SSSR count). The minimum absolute atomic E-state index is 0.142. The van der Waals surface area contributed by atoms with Crippen molar-refractivity contribution in [2.45, 2.75) is 20.0 Å². The van der Waals surface area contributed by atoms with Gasteiger partial charge >= 0.3 is 0 Å². The van der Waals surface area contributed by atoms with Gasteiger partial charge in [0.25, 0.3) is 0 Å². The van der Waals surface area contributed by atoms with Crippen molar-refractivity contribution in [3.63, 3.8) is 0 Å². The van der Waals surface area contributed by atoms with Crippen molar-refractivity contribution in [3.8, 4) is 5.75 Å². The largest absolute Gasteiger partial charge is 0.490 e. The third-order valence-electron chi connectivity index (χ3n) is 2.92. The number of nitrogens with zero attached hydrogens (tertiary/aromatic N) is 1. The maximum absolute atomic E-state index is 13.6. The first-order valence-electron chi connectivity index (χ1n) is 6.99. The van der Waals surface area contributed by atoms with Crippen LogP contribution in [0.1, 0.15) is 19.4 Å². The Morgan fingerprint density at radius 2 is 1.56 bits per heavy atom. The van der Waals surface area contributed by atoms with Gasteiger partial charge in [0.05, 0.1) is 12.3 Å². The van der Waals surface area contributed by atoms with Crippen LogP contribution in [0.3, 0.4) is 0 Å². The van der Waals surface area contributed by atoms with Crippen LogP contribution < -0.4 is 10.2 Å². The lowest BCUT2D eigenvalue weighted by atomic mass is 10.2. The lowest BCUT2D eigenvalue weighted by Gasteiger charge is -2.12. The van der Waals surface area contributed by atoms with Gasteiger partial charge in [0, 0.05) is 10.0 Å². The van der Waals surface area contributed by atoms with E-state index in [4.69, 9.17) is 4.74 Å². The maximum atomic E-state index is 13.6. The van der Waals surface area contributed by atoms with Gasteiger partial charge in [-0.3, -0.25) is 5.43 Å². The van der Waals surface area contributed by atoms with E-state index in [0.717, 1.165) is 6.21 Å².